The molecule has 0 atom stereocenters. The van der Waals surface area contributed by atoms with Crippen LogP contribution in [0.2, 0.25) is 0 Å². The Hall–Kier alpha value is -7.29. The van der Waals surface area contributed by atoms with Gasteiger partial charge in [-0.05, 0) is 42.5 Å². The number of alkyl halides is 24. The number of rotatable bonds is 7. The molecule has 7 aromatic rings. The number of hydrogen-bond acceptors (Lipinski definition) is 1. The SMILES string of the molecule is FC(F)(F)c1cc([B-](c2cc(C(F)(F)F)cc(C(F)(F)F)c2)(c2cc(C(F)(F)F)cc(C(F)(F)F)c2)c2cc(C(F)(F)F)cc(C(F)(F)F)c2)cc(C(F)(F)F)c1.O=C(C[n+]1cccc2cc(F)ccc21)c1ccccc1. The van der Waals surface area contributed by atoms with E-state index in [1.165, 1.54) is 12.1 Å². The van der Waals surface area contributed by atoms with Gasteiger partial charge in [-0.15, -0.1) is 0 Å². The Morgan fingerprint density at radius 1 is 0.351 bits per heavy atom. The van der Waals surface area contributed by atoms with Gasteiger partial charge in [-0.2, -0.15) is 132 Å². The summed E-state index contributed by atoms with van der Waals surface area (Å²) in [5.41, 5.74) is -28.7. The molecular formula is C49H25BF25NO. The Kier molecular flexibility index (Phi) is 15.5. The maximum absolute atomic E-state index is 14.2. The summed E-state index contributed by atoms with van der Waals surface area (Å²) in [7, 11) is 0. The van der Waals surface area contributed by atoms with Gasteiger partial charge >= 0.3 is 49.4 Å². The van der Waals surface area contributed by atoms with Crippen molar-refractivity contribution < 1.29 is 119 Å². The number of benzene rings is 6. The van der Waals surface area contributed by atoms with Gasteiger partial charge in [-0.25, -0.2) is 4.39 Å². The van der Waals surface area contributed by atoms with E-state index in [0.717, 1.165) is 10.9 Å². The fourth-order valence-corrected chi connectivity index (χ4v) is 8.33. The van der Waals surface area contributed by atoms with E-state index in [1.807, 2.05) is 41.1 Å². The highest BCUT2D eigenvalue weighted by Gasteiger charge is 2.47. The zero-order valence-electron chi connectivity index (χ0n) is 37.4. The van der Waals surface area contributed by atoms with Crippen molar-refractivity contribution in [1.82, 2.24) is 0 Å². The molecule has 0 N–H and O–H groups in total. The Morgan fingerprint density at radius 2 is 0.636 bits per heavy atom. The first-order chi connectivity index (χ1) is 35.0. The average molecular weight is 1130 g/mol. The minimum absolute atomic E-state index is 0.0347. The number of nitrogens with zero attached hydrogens (tertiary/aromatic N) is 1. The maximum Gasteiger partial charge on any atom is 0.416 e. The summed E-state index contributed by atoms with van der Waals surface area (Å²) in [6, 6.07) is 8.59. The number of aromatic nitrogens is 1. The molecule has 0 unspecified atom stereocenters. The number of pyridine rings is 1. The standard InChI is InChI=1S/C32H12BF24.C17H13FNO/c34-25(35,36)13-1-14(26(37,38)39)6-21(5-13)33(22-7-15(27(40,41)42)2-16(8-22)28(43,44)45,23-9-17(29(46,47)48)3-18(10-23)30(49,50)51)24-11-19(31(52,53)54)4-20(12-24)32(55,56)57;18-15-8-9-16-14(11-15)7-4-10-19(16)12-17(20)13-5-2-1-3-6-13/h1-12H;1-11H,12H2/q-1;+1. The number of halogens is 25. The Labute approximate surface area is 414 Å². The second-order valence-electron chi connectivity index (χ2n) is 16.9. The quantitative estimate of drug-likeness (QED) is 0.0674. The van der Waals surface area contributed by atoms with E-state index in [2.05, 4.69) is 0 Å². The summed E-state index contributed by atoms with van der Waals surface area (Å²) >= 11 is 0. The molecule has 0 aliphatic heterocycles. The van der Waals surface area contributed by atoms with Crippen LogP contribution in [0.25, 0.3) is 10.9 Å². The van der Waals surface area contributed by atoms with Gasteiger partial charge in [-0.3, -0.25) is 4.79 Å². The molecule has 0 saturated carbocycles. The fraction of sp³-hybridized carbons (Fsp3) is 0.184. The third-order valence-corrected chi connectivity index (χ3v) is 11.7. The Balaban J connectivity index is 0.000000397. The summed E-state index contributed by atoms with van der Waals surface area (Å²) in [6.07, 6.45) is -53.0. The molecule has 0 radical (unpaired) electrons. The van der Waals surface area contributed by atoms with Gasteiger partial charge in [0.25, 0.3) is 0 Å². The van der Waals surface area contributed by atoms with Crippen LogP contribution in [0.4, 0.5) is 110 Å². The molecule has 2 nitrogen and oxygen atoms in total. The van der Waals surface area contributed by atoms with Crippen LogP contribution in [-0.4, -0.2) is 11.9 Å². The topological polar surface area (TPSA) is 20.9 Å². The molecule has 1 aromatic heterocycles. The molecule has 7 rings (SSSR count). The number of Topliss-reactive ketones (excluding diaryl/α,β-unsaturated/α-hetero) is 1. The first-order valence-electron chi connectivity index (χ1n) is 21.0. The number of ketones is 1. The van der Waals surface area contributed by atoms with Gasteiger partial charge in [-0.1, -0.05) is 78.9 Å². The minimum atomic E-state index is -6.13. The highest BCUT2D eigenvalue weighted by molar-refractivity contribution is 7.20. The van der Waals surface area contributed by atoms with Crippen LogP contribution in [0.5, 0.6) is 0 Å². The van der Waals surface area contributed by atoms with Crippen molar-refractivity contribution in [2.24, 2.45) is 0 Å². The Morgan fingerprint density at radius 3 is 0.909 bits per heavy atom. The third kappa shape index (κ3) is 13.3. The molecule has 0 spiro atoms. The van der Waals surface area contributed by atoms with E-state index in [-0.39, 0.29) is 18.1 Å². The summed E-state index contributed by atoms with van der Waals surface area (Å²) in [6.45, 7) is 0.243. The first-order valence-corrected chi connectivity index (χ1v) is 21.0. The van der Waals surface area contributed by atoms with E-state index in [4.69, 9.17) is 0 Å². The van der Waals surface area contributed by atoms with Crippen LogP contribution >= 0.6 is 0 Å². The number of carbonyl (C=O) groups excluding carboxylic acids is 1. The van der Waals surface area contributed by atoms with Crippen molar-refractivity contribution in [3.63, 3.8) is 0 Å². The van der Waals surface area contributed by atoms with Crippen LogP contribution in [0.15, 0.2) is 140 Å². The molecule has 0 saturated heterocycles. The molecule has 1 heterocycles. The van der Waals surface area contributed by atoms with Crippen molar-refractivity contribution >= 4 is 44.7 Å². The monoisotopic (exact) mass is 1130 g/mol. The largest absolute Gasteiger partial charge is 0.416 e. The van der Waals surface area contributed by atoms with Crippen molar-refractivity contribution in [3.8, 4) is 0 Å². The summed E-state index contributed by atoms with van der Waals surface area (Å²) in [5, 5.41) is 0.786. The summed E-state index contributed by atoms with van der Waals surface area (Å²) in [5.74, 6) is -0.239. The average Bonchev–Trinajstić information content (AvgIpc) is 3.29. The number of hydrogen-bond donors (Lipinski definition) is 0. The Bertz CT molecular complexity index is 2870. The number of fused-ring (bicyclic) bond motifs is 1. The molecule has 28 heteroatoms. The van der Waals surface area contributed by atoms with Crippen molar-refractivity contribution in [3.05, 3.63) is 196 Å². The van der Waals surface area contributed by atoms with Crippen LogP contribution in [0.1, 0.15) is 54.9 Å². The minimum Gasteiger partial charge on any atom is -0.287 e. The smallest absolute Gasteiger partial charge is 0.287 e. The van der Waals surface area contributed by atoms with Gasteiger partial charge in [0, 0.05) is 23.1 Å². The van der Waals surface area contributed by atoms with E-state index in [0.29, 0.717) is 5.56 Å². The lowest BCUT2D eigenvalue weighted by Crippen LogP contribution is -2.75. The highest BCUT2D eigenvalue weighted by Crippen LogP contribution is 2.41. The molecule has 0 amide bonds. The second kappa shape index (κ2) is 20.3. The molecule has 77 heavy (non-hydrogen) atoms. The first kappa shape index (κ1) is 59.0. The molecule has 0 fully saturated rings. The third-order valence-electron chi connectivity index (χ3n) is 11.7. The molecule has 6 aromatic carbocycles. The van der Waals surface area contributed by atoms with Gasteiger partial charge in [0.2, 0.25) is 17.8 Å². The van der Waals surface area contributed by atoms with Crippen molar-refractivity contribution in [2.75, 3.05) is 0 Å². The van der Waals surface area contributed by atoms with E-state index in [1.54, 1.807) is 18.2 Å². The second-order valence-corrected chi connectivity index (χ2v) is 16.9. The van der Waals surface area contributed by atoms with Gasteiger partial charge in [0.15, 0.2) is 6.20 Å². The molecular weight excluding hydrogens is 1100 g/mol. The lowest BCUT2D eigenvalue weighted by atomic mass is 9.12. The normalized spacial score (nSPS) is 13.4. The van der Waals surface area contributed by atoms with E-state index < -0.39 is 195 Å². The molecule has 410 valence electrons. The lowest BCUT2D eigenvalue weighted by molar-refractivity contribution is -0.657. The molecule has 0 aliphatic carbocycles. The van der Waals surface area contributed by atoms with Crippen molar-refractivity contribution in [2.45, 2.75) is 56.0 Å². The lowest BCUT2D eigenvalue weighted by Gasteiger charge is -2.46. The molecule has 0 aliphatic rings. The van der Waals surface area contributed by atoms with Crippen LogP contribution < -0.4 is 26.4 Å². The summed E-state index contributed by atoms with van der Waals surface area (Å²) < 4.78 is 356. The van der Waals surface area contributed by atoms with Gasteiger partial charge in [0.05, 0.1) is 44.5 Å². The molecule has 0 bridgehead atoms. The predicted octanol–water partition coefficient (Wildman–Crippen LogP) is 14.4. The van der Waals surface area contributed by atoms with E-state index >= 15 is 0 Å². The number of carbonyl (C=O) groups is 1. The fourth-order valence-electron chi connectivity index (χ4n) is 8.33. The van der Waals surface area contributed by atoms with Gasteiger partial charge < -0.3 is 0 Å². The highest BCUT2D eigenvalue weighted by atomic mass is 19.4. The zero-order chi connectivity index (χ0) is 57.9. The maximum atomic E-state index is 14.2. The predicted molar refractivity (Wildman–Crippen MR) is 225 cm³/mol. The van der Waals surface area contributed by atoms with Crippen LogP contribution in [0, 0.1) is 5.82 Å². The summed E-state index contributed by atoms with van der Waals surface area (Å²) in [4.78, 5) is 12.2. The van der Waals surface area contributed by atoms with Crippen LogP contribution in [-0.2, 0) is 56.0 Å². The van der Waals surface area contributed by atoms with E-state index in [9.17, 15) is 115 Å². The van der Waals surface area contributed by atoms with Gasteiger partial charge in [0.1, 0.15) is 12.0 Å². The van der Waals surface area contributed by atoms with Crippen molar-refractivity contribution in [1.29, 1.82) is 0 Å². The zero-order valence-corrected chi connectivity index (χ0v) is 37.4. The van der Waals surface area contributed by atoms with Crippen LogP contribution in [0.3, 0.4) is 0 Å².